The molecular formula is C15H22N4O2. The van der Waals surface area contributed by atoms with E-state index in [-0.39, 0.29) is 11.9 Å². The van der Waals surface area contributed by atoms with E-state index in [9.17, 15) is 9.59 Å². The number of anilines is 1. The number of amides is 3. The molecule has 0 saturated carbocycles. The van der Waals surface area contributed by atoms with E-state index in [0.29, 0.717) is 39.1 Å². The van der Waals surface area contributed by atoms with Crippen molar-refractivity contribution in [3.8, 4) is 0 Å². The Labute approximate surface area is 124 Å². The molecule has 1 heterocycles. The number of rotatable bonds is 3. The molecule has 1 aromatic carbocycles. The van der Waals surface area contributed by atoms with E-state index in [0.717, 1.165) is 11.3 Å². The molecule has 0 unspecified atom stereocenters. The van der Waals surface area contributed by atoms with Gasteiger partial charge in [0.15, 0.2) is 0 Å². The maximum Gasteiger partial charge on any atom is 0.321 e. The molecule has 114 valence electrons. The van der Waals surface area contributed by atoms with E-state index >= 15 is 0 Å². The van der Waals surface area contributed by atoms with Gasteiger partial charge < -0.3 is 20.9 Å². The van der Waals surface area contributed by atoms with Crippen LogP contribution < -0.4 is 11.1 Å². The molecule has 0 bridgehead atoms. The van der Waals surface area contributed by atoms with Crippen LogP contribution in [0.15, 0.2) is 24.3 Å². The second-order valence-corrected chi connectivity index (χ2v) is 5.21. The third-order valence-corrected chi connectivity index (χ3v) is 3.55. The van der Waals surface area contributed by atoms with Gasteiger partial charge in [0.05, 0.1) is 0 Å². The predicted octanol–water partition coefficient (Wildman–Crippen LogP) is 1.02. The lowest BCUT2D eigenvalue weighted by molar-refractivity contribution is -0.132. The molecule has 1 aromatic rings. The third-order valence-electron chi connectivity index (χ3n) is 3.55. The van der Waals surface area contributed by atoms with Crippen LogP contribution in [-0.4, -0.2) is 54.5 Å². The summed E-state index contributed by atoms with van der Waals surface area (Å²) in [6, 6.07) is 7.57. The molecular weight excluding hydrogens is 268 g/mol. The molecule has 0 radical (unpaired) electrons. The molecule has 21 heavy (non-hydrogen) atoms. The highest BCUT2D eigenvalue weighted by Crippen LogP contribution is 2.11. The topological polar surface area (TPSA) is 78.7 Å². The Balaban J connectivity index is 1.84. The second-order valence-electron chi connectivity index (χ2n) is 5.21. The van der Waals surface area contributed by atoms with Gasteiger partial charge in [0.1, 0.15) is 0 Å². The Morgan fingerprint density at radius 2 is 1.86 bits per heavy atom. The van der Waals surface area contributed by atoms with Crippen LogP contribution in [0.25, 0.3) is 0 Å². The first-order valence-electron chi connectivity index (χ1n) is 7.20. The van der Waals surface area contributed by atoms with E-state index in [1.807, 2.05) is 31.2 Å². The molecule has 3 N–H and O–H groups in total. The van der Waals surface area contributed by atoms with Gasteiger partial charge in [0.2, 0.25) is 5.91 Å². The average molecular weight is 290 g/mol. The van der Waals surface area contributed by atoms with Crippen molar-refractivity contribution in [1.82, 2.24) is 9.80 Å². The Morgan fingerprint density at radius 1 is 1.19 bits per heavy atom. The minimum atomic E-state index is -0.119. The number of aryl methyl sites for hydroxylation is 1. The minimum absolute atomic E-state index is 0.0660. The molecule has 0 spiro atoms. The zero-order valence-electron chi connectivity index (χ0n) is 12.3. The van der Waals surface area contributed by atoms with Crippen molar-refractivity contribution in [1.29, 1.82) is 0 Å². The largest absolute Gasteiger partial charge is 0.339 e. The molecule has 3 amide bonds. The quantitative estimate of drug-likeness (QED) is 0.872. The summed E-state index contributed by atoms with van der Waals surface area (Å²) in [7, 11) is 0. The summed E-state index contributed by atoms with van der Waals surface area (Å²) >= 11 is 0. The molecule has 1 saturated heterocycles. The van der Waals surface area contributed by atoms with Crippen LogP contribution in [0.3, 0.4) is 0 Å². The average Bonchev–Trinajstić information content (AvgIpc) is 2.47. The van der Waals surface area contributed by atoms with Gasteiger partial charge >= 0.3 is 6.03 Å². The number of nitrogens with one attached hydrogen (secondary N) is 1. The third kappa shape index (κ3) is 4.19. The summed E-state index contributed by atoms with van der Waals surface area (Å²) in [5.41, 5.74) is 7.28. The molecule has 0 aliphatic carbocycles. The van der Waals surface area contributed by atoms with Crippen molar-refractivity contribution in [2.45, 2.75) is 13.3 Å². The van der Waals surface area contributed by atoms with Gasteiger partial charge in [-0.05, 0) is 24.6 Å². The van der Waals surface area contributed by atoms with Crippen molar-refractivity contribution in [2.75, 3.05) is 38.0 Å². The summed E-state index contributed by atoms with van der Waals surface area (Å²) in [4.78, 5) is 27.4. The van der Waals surface area contributed by atoms with Crippen molar-refractivity contribution in [2.24, 2.45) is 5.73 Å². The van der Waals surface area contributed by atoms with Crippen LogP contribution in [0.2, 0.25) is 0 Å². The molecule has 0 atom stereocenters. The summed E-state index contributed by atoms with van der Waals surface area (Å²) < 4.78 is 0. The van der Waals surface area contributed by atoms with E-state index in [1.165, 1.54) is 0 Å². The Hall–Kier alpha value is -2.08. The molecule has 6 nitrogen and oxygen atoms in total. The van der Waals surface area contributed by atoms with Crippen LogP contribution >= 0.6 is 0 Å². The van der Waals surface area contributed by atoms with Gasteiger partial charge in [-0.1, -0.05) is 12.1 Å². The van der Waals surface area contributed by atoms with E-state index in [1.54, 1.807) is 9.80 Å². The maximum absolute atomic E-state index is 12.2. The van der Waals surface area contributed by atoms with E-state index < -0.39 is 0 Å². The molecule has 1 aliphatic rings. The number of hydrogen-bond donors (Lipinski definition) is 2. The molecule has 6 heteroatoms. The van der Waals surface area contributed by atoms with Crippen molar-refractivity contribution in [3.05, 3.63) is 29.8 Å². The zero-order valence-corrected chi connectivity index (χ0v) is 12.3. The number of urea groups is 1. The Morgan fingerprint density at radius 3 is 2.48 bits per heavy atom. The first kappa shape index (κ1) is 15.3. The minimum Gasteiger partial charge on any atom is -0.339 e. The van der Waals surface area contributed by atoms with Crippen LogP contribution in [0.4, 0.5) is 10.5 Å². The van der Waals surface area contributed by atoms with Crippen molar-refractivity contribution >= 4 is 17.6 Å². The van der Waals surface area contributed by atoms with Crippen LogP contribution in [-0.2, 0) is 4.79 Å². The first-order valence-corrected chi connectivity index (χ1v) is 7.20. The standard InChI is InChI=1S/C15H22N4O2/c1-12-3-2-4-13(11-12)17-15(21)19-9-7-18(8-10-19)14(20)5-6-16/h2-4,11H,5-10,16H2,1H3,(H,17,21). The van der Waals surface area contributed by atoms with Crippen LogP contribution in [0.1, 0.15) is 12.0 Å². The highest BCUT2D eigenvalue weighted by Gasteiger charge is 2.23. The lowest BCUT2D eigenvalue weighted by atomic mass is 10.2. The number of piperazine rings is 1. The second kappa shape index (κ2) is 7.08. The summed E-state index contributed by atoms with van der Waals surface area (Å²) in [5, 5.41) is 2.89. The summed E-state index contributed by atoms with van der Waals surface area (Å²) in [6.07, 6.45) is 0.371. The highest BCUT2D eigenvalue weighted by molar-refractivity contribution is 5.89. The monoisotopic (exact) mass is 290 g/mol. The number of hydrogen-bond acceptors (Lipinski definition) is 3. The summed E-state index contributed by atoms with van der Waals surface area (Å²) in [6.45, 7) is 4.59. The van der Waals surface area contributed by atoms with Gasteiger partial charge in [-0.2, -0.15) is 0 Å². The number of carbonyl (C=O) groups is 2. The predicted molar refractivity (Wildman–Crippen MR) is 82.0 cm³/mol. The Bertz CT molecular complexity index is 510. The van der Waals surface area contributed by atoms with E-state index in [4.69, 9.17) is 5.73 Å². The SMILES string of the molecule is Cc1cccc(NC(=O)N2CCN(C(=O)CCN)CC2)c1. The Kier molecular flexibility index (Phi) is 5.16. The lowest BCUT2D eigenvalue weighted by Crippen LogP contribution is -2.51. The fourth-order valence-corrected chi connectivity index (χ4v) is 2.37. The van der Waals surface area contributed by atoms with E-state index in [2.05, 4.69) is 5.32 Å². The van der Waals surface area contributed by atoms with Crippen molar-refractivity contribution < 1.29 is 9.59 Å². The van der Waals surface area contributed by atoms with Gasteiger partial charge in [-0.3, -0.25) is 4.79 Å². The fraction of sp³-hybridized carbons (Fsp3) is 0.467. The van der Waals surface area contributed by atoms with Gasteiger partial charge in [0, 0.05) is 44.8 Å². The molecule has 1 fully saturated rings. The number of carbonyl (C=O) groups excluding carboxylic acids is 2. The zero-order chi connectivity index (χ0) is 15.2. The van der Waals surface area contributed by atoms with Gasteiger partial charge in [0.25, 0.3) is 0 Å². The highest BCUT2D eigenvalue weighted by atomic mass is 16.2. The number of nitrogens with two attached hydrogens (primary N) is 1. The van der Waals surface area contributed by atoms with Crippen LogP contribution in [0.5, 0.6) is 0 Å². The molecule has 1 aliphatic heterocycles. The summed E-state index contributed by atoms with van der Waals surface area (Å²) in [5.74, 6) is 0.0660. The fourth-order valence-electron chi connectivity index (χ4n) is 2.37. The van der Waals surface area contributed by atoms with Gasteiger partial charge in [-0.25, -0.2) is 4.79 Å². The number of nitrogens with zero attached hydrogens (tertiary/aromatic N) is 2. The van der Waals surface area contributed by atoms with Crippen LogP contribution in [0, 0.1) is 6.92 Å². The smallest absolute Gasteiger partial charge is 0.321 e. The van der Waals surface area contributed by atoms with Gasteiger partial charge in [-0.15, -0.1) is 0 Å². The number of benzene rings is 1. The molecule has 2 rings (SSSR count). The first-order chi connectivity index (χ1) is 10.1. The van der Waals surface area contributed by atoms with Crippen molar-refractivity contribution in [3.63, 3.8) is 0 Å². The lowest BCUT2D eigenvalue weighted by Gasteiger charge is -2.34. The maximum atomic E-state index is 12.2. The normalized spacial score (nSPS) is 15.0. The molecule has 0 aromatic heterocycles.